The summed E-state index contributed by atoms with van der Waals surface area (Å²) < 4.78 is 16.9. The molecule has 30 heavy (non-hydrogen) atoms. The highest BCUT2D eigenvalue weighted by atomic mass is 16.5. The van der Waals surface area contributed by atoms with Crippen molar-refractivity contribution in [1.29, 1.82) is 0 Å². The van der Waals surface area contributed by atoms with Gasteiger partial charge in [0.05, 0.1) is 19.5 Å². The molecule has 4 rings (SSSR count). The predicted molar refractivity (Wildman–Crippen MR) is 110 cm³/mol. The molecule has 2 aromatic heterocycles. The number of carbonyl (C=O) groups excluding carboxylic acids is 1. The van der Waals surface area contributed by atoms with E-state index in [4.69, 9.17) is 13.9 Å². The molecule has 0 unspecified atom stereocenters. The summed E-state index contributed by atoms with van der Waals surface area (Å²) in [5, 5.41) is 0. The third-order valence-electron chi connectivity index (χ3n) is 5.19. The third-order valence-corrected chi connectivity index (χ3v) is 5.19. The van der Waals surface area contributed by atoms with Crippen LogP contribution in [-0.4, -0.2) is 41.0 Å². The lowest BCUT2D eigenvalue weighted by Gasteiger charge is -2.33. The van der Waals surface area contributed by atoms with Gasteiger partial charge in [-0.1, -0.05) is 12.1 Å². The molecule has 7 heteroatoms. The third kappa shape index (κ3) is 4.79. The van der Waals surface area contributed by atoms with Crippen molar-refractivity contribution in [1.82, 2.24) is 14.9 Å². The number of benzene rings is 1. The maximum Gasteiger partial charge on any atom is 0.261 e. The second-order valence-electron chi connectivity index (χ2n) is 7.27. The Hall–Kier alpha value is -3.35. The molecular weight excluding hydrogens is 382 g/mol. The van der Waals surface area contributed by atoms with Gasteiger partial charge < -0.3 is 18.8 Å². The molecule has 1 fully saturated rings. The molecule has 1 aliphatic heterocycles. The van der Waals surface area contributed by atoms with E-state index in [2.05, 4.69) is 9.97 Å². The van der Waals surface area contributed by atoms with Crippen LogP contribution in [0, 0.1) is 0 Å². The molecule has 1 amide bonds. The highest BCUT2D eigenvalue weighted by Gasteiger charge is 2.31. The molecule has 156 valence electrons. The van der Waals surface area contributed by atoms with E-state index < -0.39 is 0 Å². The number of aromatic nitrogens is 2. The van der Waals surface area contributed by atoms with Gasteiger partial charge in [0.2, 0.25) is 5.89 Å². The fourth-order valence-electron chi connectivity index (χ4n) is 3.69. The van der Waals surface area contributed by atoms with E-state index in [1.165, 1.54) is 0 Å². The van der Waals surface area contributed by atoms with Crippen LogP contribution in [0.2, 0.25) is 0 Å². The first kappa shape index (κ1) is 19.9. The molecule has 1 saturated heterocycles. The van der Waals surface area contributed by atoms with Crippen molar-refractivity contribution >= 4 is 5.91 Å². The lowest BCUT2D eigenvalue weighted by Crippen LogP contribution is -2.41. The van der Waals surface area contributed by atoms with Crippen LogP contribution in [0.25, 0.3) is 0 Å². The first-order valence-electron chi connectivity index (χ1n) is 10.1. The van der Waals surface area contributed by atoms with Crippen LogP contribution in [0.5, 0.6) is 11.5 Å². The standard InChI is InChI=1S/C23H25N3O4/c1-28-18-7-4-6-17(12-18)13-20-15-25-23(30-20)21-9-2-3-11-26(21)22(27)16-29-19-8-5-10-24-14-19/h4-8,10,12,14-15,21H,2-3,9,11,13,16H2,1H3/t21-/m1/s1. The van der Waals surface area contributed by atoms with Crippen LogP contribution in [0.15, 0.2) is 59.4 Å². The van der Waals surface area contributed by atoms with Crippen LogP contribution >= 0.6 is 0 Å². The molecule has 0 bridgehead atoms. The summed E-state index contributed by atoms with van der Waals surface area (Å²) >= 11 is 0. The van der Waals surface area contributed by atoms with E-state index >= 15 is 0 Å². The Kier molecular flexibility index (Phi) is 6.27. The number of nitrogens with zero attached hydrogens (tertiary/aromatic N) is 3. The number of carbonyl (C=O) groups is 1. The number of likely N-dealkylation sites (tertiary alicyclic amines) is 1. The molecule has 0 saturated carbocycles. The van der Waals surface area contributed by atoms with Crippen LogP contribution in [0.4, 0.5) is 0 Å². The van der Waals surface area contributed by atoms with Crippen molar-refractivity contribution in [3.63, 3.8) is 0 Å². The molecule has 0 aliphatic carbocycles. The van der Waals surface area contributed by atoms with Crippen LogP contribution in [0.1, 0.15) is 42.5 Å². The number of methoxy groups -OCH3 is 1. The van der Waals surface area contributed by atoms with E-state index in [9.17, 15) is 4.79 Å². The van der Waals surface area contributed by atoms with Crippen molar-refractivity contribution in [3.05, 3.63) is 72.2 Å². The molecule has 0 spiro atoms. The van der Waals surface area contributed by atoms with Gasteiger partial charge in [0.25, 0.3) is 5.91 Å². The molecule has 0 radical (unpaired) electrons. The number of amides is 1. The van der Waals surface area contributed by atoms with Gasteiger partial charge in [0.15, 0.2) is 6.61 Å². The summed E-state index contributed by atoms with van der Waals surface area (Å²) in [5.74, 6) is 2.67. The van der Waals surface area contributed by atoms with Crippen molar-refractivity contribution in [2.24, 2.45) is 0 Å². The fourth-order valence-corrected chi connectivity index (χ4v) is 3.69. The van der Waals surface area contributed by atoms with Crippen molar-refractivity contribution in [3.8, 4) is 11.5 Å². The zero-order valence-corrected chi connectivity index (χ0v) is 17.0. The van der Waals surface area contributed by atoms with E-state index in [1.807, 2.05) is 29.2 Å². The summed E-state index contributed by atoms with van der Waals surface area (Å²) in [4.78, 5) is 23.1. The van der Waals surface area contributed by atoms with Gasteiger partial charge in [-0.25, -0.2) is 4.98 Å². The smallest absolute Gasteiger partial charge is 0.261 e. The Balaban J connectivity index is 1.43. The average molecular weight is 407 g/mol. The van der Waals surface area contributed by atoms with Crippen molar-refractivity contribution in [2.45, 2.75) is 31.7 Å². The highest BCUT2D eigenvalue weighted by molar-refractivity contribution is 5.78. The van der Waals surface area contributed by atoms with Gasteiger partial charge in [-0.2, -0.15) is 0 Å². The predicted octanol–water partition coefficient (Wildman–Crippen LogP) is 3.80. The Morgan fingerprint density at radius 3 is 2.93 bits per heavy atom. The number of ether oxygens (including phenoxy) is 2. The lowest BCUT2D eigenvalue weighted by molar-refractivity contribution is -0.137. The minimum absolute atomic E-state index is 0.0282. The Morgan fingerprint density at radius 2 is 2.10 bits per heavy atom. The zero-order chi connectivity index (χ0) is 20.8. The van der Waals surface area contributed by atoms with Gasteiger partial charge in [-0.15, -0.1) is 0 Å². The van der Waals surface area contributed by atoms with Crippen LogP contribution < -0.4 is 9.47 Å². The quantitative estimate of drug-likeness (QED) is 0.593. The first-order valence-corrected chi connectivity index (χ1v) is 10.1. The topological polar surface area (TPSA) is 77.7 Å². The summed E-state index contributed by atoms with van der Waals surface area (Å²) in [6, 6.07) is 11.3. The fraction of sp³-hybridized carbons (Fsp3) is 0.348. The minimum atomic E-state index is -0.164. The summed E-state index contributed by atoms with van der Waals surface area (Å²) in [6.45, 7) is 0.646. The number of pyridine rings is 1. The van der Waals surface area contributed by atoms with Crippen molar-refractivity contribution < 1.29 is 18.7 Å². The number of hydrogen-bond donors (Lipinski definition) is 0. The second kappa shape index (κ2) is 9.43. The largest absolute Gasteiger partial charge is 0.497 e. The van der Waals surface area contributed by atoms with Gasteiger partial charge in [-0.05, 0) is 49.1 Å². The van der Waals surface area contributed by atoms with E-state index in [1.54, 1.807) is 37.8 Å². The van der Waals surface area contributed by atoms with Crippen LogP contribution in [0.3, 0.4) is 0 Å². The van der Waals surface area contributed by atoms with Gasteiger partial charge in [-0.3, -0.25) is 9.78 Å². The van der Waals surface area contributed by atoms with E-state index in [-0.39, 0.29) is 18.6 Å². The van der Waals surface area contributed by atoms with Gasteiger partial charge >= 0.3 is 0 Å². The Bertz CT molecular complexity index is 973. The molecule has 7 nitrogen and oxygen atoms in total. The monoisotopic (exact) mass is 407 g/mol. The van der Waals surface area contributed by atoms with Crippen LogP contribution in [-0.2, 0) is 11.2 Å². The van der Waals surface area contributed by atoms with Gasteiger partial charge in [0, 0.05) is 19.2 Å². The van der Waals surface area contributed by atoms with Gasteiger partial charge in [0.1, 0.15) is 23.3 Å². The van der Waals surface area contributed by atoms with E-state index in [0.29, 0.717) is 24.6 Å². The molecule has 1 aromatic carbocycles. The average Bonchev–Trinajstić information content (AvgIpc) is 3.26. The maximum atomic E-state index is 12.8. The Labute approximate surface area is 175 Å². The molecular formula is C23H25N3O4. The molecule has 1 atom stereocenters. The lowest BCUT2D eigenvalue weighted by atomic mass is 10.0. The Morgan fingerprint density at radius 1 is 1.20 bits per heavy atom. The second-order valence-corrected chi connectivity index (χ2v) is 7.27. The number of rotatable bonds is 7. The molecule has 3 aromatic rings. The van der Waals surface area contributed by atoms with E-state index in [0.717, 1.165) is 36.3 Å². The summed E-state index contributed by atoms with van der Waals surface area (Å²) in [6.07, 6.45) is 8.46. The molecule has 0 N–H and O–H groups in total. The summed E-state index contributed by atoms with van der Waals surface area (Å²) in [5.41, 5.74) is 1.08. The zero-order valence-electron chi connectivity index (χ0n) is 17.0. The number of hydrogen-bond acceptors (Lipinski definition) is 6. The molecule has 1 aliphatic rings. The number of piperidine rings is 1. The van der Waals surface area contributed by atoms with Crippen molar-refractivity contribution in [2.75, 3.05) is 20.3 Å². The number of oxazole rings is 1. The maximum absolute atomic E-state index is 12.8. The summed E-state index contributed by atoms with van der Waals surface area (Å²) in [7, 11) is 1.65. The highest BCUT2D eigenvalue weighted by Crippen LogP contribution is 2.31. The molecule has 3 heterocycles. The normalized spacial score (nSPS) is 16.3. The first-order chi connectivity index (χ1) is 14.7. The minimum Gasteiger partial charge on any atom is -0.497 e. The SMILES string of the molecule is COc1cccc(Cc2cnc([C@H]3CCCCN3C(=O)COc3cccnc3)o2)c1.